The first-order chi connectivity index (χ1) is 4.61. The lowest BCUT2D eigenvalue weighted by Crippen LogP contribution is -3.00. The Morgan fingerprint density at radius 3 is 1.54 bits per heavy atom. The maximum atomic E-state index is 2.16. The first-order valence-corrected chi connectivity index (χ1v) is 3.48. The van der Waals surface area contributed by atoms with Crippen LogP contribution in [-0.4, -0.2) is 21.1 Å². The number of quaternary nitrogens is 1. The largest absolute Gasteiger partial charge is 1.00 e. The van der Waals surface area contributed by atoms with Gasteiger partial charge in [0.15, 0.2) is 0 Å². The van der Waals surface area contributed by atoms with E-state index in [1.54, 1.807) is 0 Å². The molecule has 4 heteroatoms. The molecule has 0 atom stereocenters. The Morgan fingerprint density at radius 2 is 1.31 bits per heavy atom. The standard InChI is InChI=1S/C9H14N.2HI.H3N/c1-10(2,3)9-7-5-4-6-8-9;;;/h4-8H,1-3H3;2*1H;1H3/q+1;;;/p-1. The van der Waals surface area contributed by atoms with Crippen LogP contribution in [0, 0.1) is 0 Å². The van der Waals surface area contributed by atoms with Gasteiger partial charge in [0.25, 0.3) is 0 Å². The van der Waals surface area contributed by atoms with Gasteiger partial charge in [-0.3, -0.25) is 4.48 Å². The van der Waals surface area contributed by atoms with Gasteiger partial charge in [0.05, 0.1) is 21.1 Å². The summed E-state index contributed by atoms with van der Waals surface area (Å²) in [6, 6.07) is 10.5. The minimum Gasteiger partial charge on any atom is -1.00 e. The van der Waals surface area contributed by atoms with E-state index in [0.717, 1.165) is 4.48 Å². The van der Waals surface area contributed by atoms with E-state index in [1.165, 1.54) is 5.69 Å². The Hall–Kier alpha value is 0.600. The highest BCUT2D eigenvalue weighted by atomic mass is 127. The van der Waals surface area contributed by atoms with Crippen LogP contribution in [0.1, 0.15) is 0 Å². The summed E-state index contributed by atoms with van der Waals surface area (Å²) in [6.45, 7) is 0. The van der Waals surface area contributed by atoms with Crippen LogP contribution in [0.25, 0.3) is 0 Å². The Kier molecular flexibility index (Phi) is 11.8. The maximum Gasteiger partial charge on any atom is 0.132 e. The van der Waals surface area contributed by atoms with Gasteiger partial charge < -0.3 is 30.1 Å². The fourth-order valence-electron chi connectivity index (χ4n) is 0.875. The smallest absolute Gasteiger partial charge is 0.132 e. The van der Waals surface area contributed by atoms with Crippen molar-refractivity contribution in [3.8, 4) is 0 Å². The molecule has 0 amide bonds. The highest BCUT2D eigenvalue weighted by Gasteiger charge is 2.08. The number of hydrogen-bond donors (Lipinski definition) is 1. The third kappa shape index (κ3) is 6.64. The molecule has 0 aliphatic rings. The third-order valence-corrected chi connectivity index (χ3v) is 1.53. The van der Waals surface area contributed by atoms with Crippen molar-refractivity contribution in [3.63, 3.8) is 0 Å². The first-order valence-electron chi connectivity index (χ1n) is 3.48. The molecule has 2 nitrogen and oxygen atoms in total. The summed E-state index contributed by atoms with van der Waals surface area (Å²) in [5, 5.41) is 0. The number of nitrogens with zero attached hydrogens (tertiary/aromatic N) is 1. The van der Waals surface area contributed by atoms with E-state index in [4.69, 9.17) is 0 Å². The molecular weight excluding hydrogens is 390 g/mol. The number of benzene rings is 1. The van der Waals surface area contributed by atoms with Gasteiger partial charge in [0, 0.05) is 0 Å². The monoisotopic (exact) mass is 408 g/mol. The summed E-state index contributed by atoms with van der Waals surface area (Å²) >= 11 is 0. The summed E-state index contributed by atoms with van der Waals surface area (Å²) < 4.78 is 0.890. The summed E-state index contributed by atoms with van der Waals surface area (Å²) in [4.78, 5) is 0. The molecular formula is C9H18I2N2. The topological polar surface area (TPSA) is 35.0 Å². The average Bonchev–Trinajstić information content (AvgIpc) is 1.88. The Morgan fingerprint density at radius 1 is 0.923 bits per heavy atom. The molecule has 1 aromatic carbocycles. The SMILES string of the molecule is C[N+](C)(C)c1ccccc1.I.N.[I-]. The van der Waals surface area contributed by atoms with E-state index >= 15 is 0 Å². The number of halogens is 2. The third-order valence-electron chi connectivity index (χ3n) is 1.53. The molecule has 0 unspecified atom stereocenters. The van der Waals surface area contributed by atoms with Crippen LogP contribution in [0.5, 0.6) is 0 Å². The minimum absolute atomic E-state index is 0. The molecule has 0 fully saturated rings. The van der Waals surface area contributed by atoms with Gasteiger partial charge in [-0.1, -0.05) is 18.2 Å². The van der Waals surface area contributed by atoms with E-state index in [0.29, 0.717) is 0 Å². The number of hydrogen-bond acceptors (Lipinski definition) is 1. The van der Waals surface area contributed by atoms with Gasteiger partial charge in [0.2, 0.25) is 0 Å². The molecule has 78 valence electrons. The van der Waals surface area contributed by atoms with Crippen molar-refractivity contribution in [3.05, 3.63) is 30.3 Å². The Balaban J connectivity index is -0.000000333. The fraction of sp³-hybridized carbons (Fsp3) is 0.333. The molecule has 1 rings (SSSR count). The number of rotatable bonds is 1. The zero-order valence-electron chi connectivity index (χ0n) is 8.33. The molecule has 0 aliphatic carbocycles. The molecule has 0 aromatic heterocycles. The van der Waals surface area contributed by atoms with Crippen LogP contribution >= 0.6 is 24.0 Å². The molecule has 0 bridgehead atoms. The molecule has 0 radical (unpaired) electrons. The average molecular weight is 408 g/mol. The molecule has 0 saturated heterocycles. The van der Waals surface area contributed by atoms with Crippen LogP contribution in [0.3, 0.4) is 0 Å². The highest BCUT2D eigenvalue weighted by Crippen LogP contribution is 2.14. The predicted octanol–water partition coefficient (Wildman–Crippen LogP) is -0.333. The zero-order valence-corrected chi connectivity index (χ0v) is 12.8. The first kappa shape index (κ1) is 19.2. The molecule has 3 N–H and O–H groups in total. The van der Waals surface area contributed by atoms with Crippen LogP contribution in [0.4, 0.5) is 5.69 Å². The maximum absolute atomic E-state index is 2.16. The van der Waals surface area contributed by atoms with Gasteiger partial charge in [-0.2, -0.15) is 0 Å². The van der Waals surface area contributed by atoms with Gasteiger partial charge in [-0.05, 0) is 12.1 Å². The van der Waals surface area contributed by atoms with Crippen molar-refractivity contribution in [2.75, 3.05) is 21.1 Å². The lowest BCUT2D eigenvalue weighted by molar-refractivity contribution is -0.00000288. The fourth-order valence-corrected chi connectivity index (χ4v) is 0.875. The van der Waals surface area contributed by atoms with Crippen molar-refractivity contribution in [2.45, 2.75) is 0 Å². The normalized spacial score (nSPS) is 8.85. The summed E-state index contributed by atoms with van der Waals surface area (Å²) in [5.74, 6) is 0. The molecule has 0 spiro atoms. The zero-order chi connectivity index (χ0) is 7.61. The van der Waals surface area contributed by atoms with Crippen molar-refractivity contribution >= 4 is 29.7 Å². The summed E-state index contributed by atoms with van der Waals surface area (Å²) in [7, 11) is 6.49. The van der Waals surface area contributed by atoms with Crippen molar-refractivity contribution < 1.29 is 24.0 Å². The summed E-state index contributed by atoms with van der Waals surface area (Å²) in [6.07, 6.45) is 0. The van der Waals surface area contributed by atoms with E-state index < -0.39 is 0 Å². The second kappa shape index (κ2) is 7.95. The van der Waals surface area contributed by atoms with Gasteiger partial charge >= 0.3 is 0 Å². The van der Waals surface area contributed by atoms with E-state index in [1.807, 2.05) is 6.07 Å². The second-order valence-corrected chi connectivity index (χ2v) is 3.35. The number of para-hydroxylation sites is 1. The highest BCUT2D eigenvalue weighted by molar-refractivity contribution is 14.0. The lowest BCUT2D eigenvalue weighted by Gasteiger charge is -2.22. The van der Waals surface area contributed by atoms with Crippen LogP contribution in [0.15, 0.2) is 30.3 Å². The van der Waals surface area contributed by atoms with Crippen molar-refractivity contribution in [2.24, 2.45) is 0 Å². The Bertz CT molecular complexity index is 207. The summed E-state index contributed by atoms with van der Waals surface area (Å²) in [5.41, 5.74) is 1.34. The van der Waals surface area contributed by atoms with E-state index in [2.05, 4.69) is 45.4 Å². The lowest BCUT2D eigenvalue weighted by atomic mass is 10.3. The molecule has 13 heavy (non-hydrogen) atoms. The molecule has 0 aliphatic heterocycles. The van der Waals surface area contributed by atoms with Crippen molar-refractivity contribution in [1.29, 1.82) is 0 Å². The quantitative estimate of drug-likeness (QED) is 0.502. The van der Waals surface area contributed by atoms with E-state index in [-0.39, 0.29) is 54.1 Å². The minimum atomic E-state index is 0. The van der Waals surface area contributed by atoms with E-state index in [9.17, 15) is 0 Å². The van der Waals surface area contributed by atoms with Crippen molar-refractivity contribution in [1.82, 2.24) is 10.6 Å². The molecule has 0 heterocycles. The van der Waals surface area contributed by atoms with Gasteiger partial charge in [-0.15, -0.1) is 24.0 Å². The van der Waals surface area contributed by atoms with Crippen LogP contribution in [0.2, 0.25) is 0 Å². The predicted molar refractivity (Wildman–Crippen MR) is 66.4 cm³/mol. The molecule has 0 saturated carbocycles. The van der Waals surface area contributed by atoms with Crippen LogP contribution in [-0.2, 0) is 0 Å². The van der Waals surface area contributed by atoms with Crippen LogP contribution < -0.4 is 34.6 Å². The van der Waals surface area contributed by atoms with Gasteiger partial charge in [-0.25, -0.2) is 0 Å². The second-order valence-electron chi connectivity index (χ2n) is 3.35. The van der Waals surface area contributed by atoms with Gasteiger partial charge in [0.1, 0.15) is 5.69 Å². The molecule has 1 aromatic rings. The Labute approximate surface area is 115 Å².